The standard InChI is InChI=1S/C24H28N2O3/c1-17(2)18-4-9-23-22(14-18)19(15-24(27)29-23)16-25-10-12-26(13-11-25)20-5-7-21(28-3)8-6-20/h4-9,14-15,17H,10-13,16H2,1-3H3/p+1. The minimum atomic E-state index is -0.263. The van der Waals surface area contributed by atoms with Crippen molar-refractivity contribution in [1.29, 1.82) is 0 Å². The quantitative estimate of drug-likeness (QED) is 0.677. The van der Waals surface area contributed by atoms with Crippen LogP contribution in [0.2, 0.25) is 0 Å². The number of nitrogens with zero attached hydrogens (tertiary/aromatic N) is 1. The monoisotopic (exact) mass is 393 g/mol. The van der Waals surface area contributed by atoms with Gasteiger partial charge in [-0.05, 0) is 47.9 Å². The van der Waals surface area contributed by atoms with Gasteiger partial charge in [0.15, 0.2) is 0 Å². The Morgan fingerprint density at radius 3 is 2.45 bits per heavy atom. The van der Waals surface area contributed by atoms with Gasteiger partial charge >= 0.3 is 5.63 Å². The number of benzene rings is 2. The van der Waals surface area contributed by atoms with Crippen LogP contribution in [0.15, 0.2) is 57.7 Å². The first-order chi connectivity index (χ1) is 14.0. The molecule has 1 fully saturated rings. The molecule has 5 heteroatoms. The molecule has 0 bridgehead atoms. The van der Waals surface area contributed by atoms with Gasteiger partial charge in [0.05, 0.1) is 33.3 Å². The maximum absolute atomic E-state index is 12.1. The number of methoxy groups -OCH3 is 1. The van der Waals surface area contributed by atoms with Crippen LogP contribution in [-0.4, -0.2) is 33.3 Å². The Kier molecular flexibility index (Phi) is 5.58. The van der Waals surface area contributed by atoms with Crippen LogP contribution in [0.4, 0.5) is 5.69 Å². The van der Waals surface area contributed by atoms with E-state index in [0.29, 0.717) is 11.5 Å². The molecule has 3 aromatic rings. The molecule has 1 aliphatic heterocycles. The Morgan fingerprint density at radius 1 is 1.07 bits per heavy atom. The summed E-state index contributed by atoms with van der Waals surface area (Å²) in [6.07, 6.45) is 0. The Labute approximate surface area is 171 Å². The van der Waals surface area contributed by atoms with Crippen LogP contribution < -0.4 is 20.2 Å². The molecule has 0 amide bonds. The van der Waals surface area contributed by atoms with Crippen molar-refractivity contribution in [1.82, 2.24) is 0 Å². The van der Waals surface area contributed by atoms with Gasteiger partial charge < -0.3 is 19.0 Å². The summed E-state index contributed by atoms with van der Waals surface area (Å²) >= 11 is 0. The van der Waals surface area contributed by atoms with Crippen molar-refractivity contribution in [2.45, 2.75) is 26.3 Å². The van der Waals surface area contributed by atoms with Gasteiger partial charge in [0.1, 0.15) is 17.9 Å². The molecule has 29 heavy (non-hydrogen) atoms. The normalized spacial score (nSPS) is 15.2. The highest BCUT2D eigenvalue weighted by Crippen LogP contribution is 2.23. The van der Waals surface area contributed by atoms with Crippen molar-refractivity contribution < 1.29 is 14.1 Å². The number of ether oxygens (including phenoxy) is 1. The molecule has 4 rings (SSSR count). The lowest BCUT2D eigenvalue weighted by molar-refractivity contribution is -0.914. The summed E-state index contributed by atoms with van der Waals surface area (Å²) in [6, 6.07) is 16.1. The minimum absolute atomic E-state index is 0.263. The molecule has 0 unspecified atom stereocenters. The molecule has 0 spiro atoms. The van der Waals surface area contributed by atoms with Crippen LogP contribution in [0.1, 0.15) is 30.9 Å². The fourth-order valence-electron chi connectivity index (χ4n) is 4.07. The SMILES string of the molecule is COc1ccc(N2CC[NH+](Cc3cc(=O)oc4ccc(C(C)C)cc34)CC2)cc1. The predicted molar refractivity (Wildman–Crippen MR) is 116 cm³/mol. The highest BCUT2D eigenvalue weighted by molar-refractivity contribution is 5.81. The Hall–Kier alpha value is -2.79. The summed E-state index contributed by atoms with van der Waals surface area (Å²) < 4.78 is 10.7. The van der Waals surface area contributed by atoms with E-state index < -0.39 is 0 Å². The lowest BCUT2D eigenvalue weighted by atomic mass is 9.99. The predicted octanol–water partition coefficient (Wildman–Crippen LogP) is 2.83. The third-order valence-electron chi connectivity index (χ3n) is 5.87. The molecule has 152 valence electrons. The van der Waals surface area contributed by atoms with E-state index in [-0.39, 0.29) is 5.63 Å². The number of hydrogen-bond acceptors (Lipinski definition) is 4. The lowest BCUT2D eigenvalue weighted by Crippen LogP contribution is -3.13. The molecule has 1 aliphatic rings. The molecular weight excluding hydrogens is 364 g/mol. The number of fused-ring (bicyclic) bond motifs is 1. The van der Waals surface area contributed by atoms with Gasteiger partial charge in [-0.2, -0.15) is 0 Å². The summed E-state index contributed by atoms with van der Waals surface area (Å²) in [6.45, 7) is 9.29. The molecule has 2 heterocycles. The molecule has 1 aromatic heterocycles. The second-order valence-corrected chi connectivity index (χ2v) is 8.11. The summed E-state index contributed by atoms with van der Waals surface area (Å²) in [5.74, 6) is 1.33. The number of hydrogen-bond donors (Lipinski definition) is 1. The highest BCUT2D eigenvalue weighted by atomic mass is 16.5. The topological polar surface area (TPSA) is 47.1 Å². The van der Waals surface area contributed by atoms with E-state index in [1.165, 1.54) is 16.2 Å². The molecule has 1 N–H and O–H groups in total. The average molecular weight is 394 g/mol. The molecule has 5 nitrogen and oxygen atoms in total. The van der Waals surface area contributed by atoms with E-state index >= 15 is 0 Å². The van der Waals surface area contributed by atoms with Crippen molar-refractivity contribution in [3.63, 3.8) is 0 Å². The maximum atomic E-state index is 12.1. The largest absolute Gasteiger partial charge is 0.497 e. The zero-order valence-corrected chi connectivity index (χ0v) is 17.4. The first-order valence-corrected chi connectivity index (χ1v) is 10.3. The molecule has 0 aliphatic carbocycles. The highest BCUT2D eigenvalue weighted by Gasteiger charge is 2.22. The number of quaternary nitrogens is 1. The second kappa shape index (κ2) is 8.29. The van der Waals surface area contributed by atoms with Crippen molar-refractivity contribution in [3.05, 3.63) is 70.1 Å². The zero-order valence-electron chi connectivity index (χ0n) is 17.4. The smallest absolute Gasteiger partial charge is 0.336 e. The number of nitrogens with one attached hydrogen (secondary N) is 1. The van der Waals surface area contributed by atoms with E-state index in [9.17, 15) is 4.79 Å². The molecule has 1 saturated heterocycles. The van der Waals surface area contributed by atoms with Crippen LogP contribution in [0.5, 0.6) is 5.75 Å². The third kappa shape index (κ3) is 4.30. The fourth-order valence-corrected chi connectivity index (χ4v) is 4.07. The van der Waals surface area contributed by atoms with Crippen molar-refractivity contribution in [2.24, 2.45) is 0 Å². The van der Waals surface area contributed by atoms with Crippen molar-refractivity contribution in [2.75, 3.05) is 38.2 Å². The number of rotatable bonds is 5. The van der Waals surface area contributed by atoms with E-state index in [0.717, 1.165) is 49.4 Å². The molecule has 0 saturated carbocycles. The fraction of sp³-hybridized carbons (Fsp3) is 0.375. The Balaban J connectivity index is 1.49. The lowest BCUT2D eigenvalue weighted by Gasteiger charge is -2.33. The van der Waals surface area contributed by atoms with Crippen molar-refractivity contribution in [3.8, 4) is 5.75 Å². The maximum Gasteiger partial charge on any atom is 0.336 e. The number of piperazine rings is 1. The van der Waals surface area contributed by atoms with Gasteiger partial charge in [0.2, 0.25) is 0 Å². The van der Waals surface area contributed by atoms with Gasteiger partial charge in [0, 0.05) is 22.7 Å². The van der Waals surface area contributed by atoms with Crippen LogP contribution in [-0.2, 0) is 6.54 Å². The molecular formula is C24H29N2O3+. The first kappa shape index (κ1) is 19.5. The van der Waals surface area contributed by atoms with Gasteiger partial charge in [-0.25, -0.2) is 4.79 Å². The van der Waals surface area contributed by atoms with E-state index in [1.54, 1.807) is 13.2 Å². The van der Waals surface area contributed by atoms with E-state index in [1.807, 2.05) is 18.2 Å². The van der Waals surface area contributed by atoms with Crippen LogP contribution in [0, 0.1) is 0 Å². The van der Waals surface area contributed by atoms with Crippen LogP contribution in [0.3, 0.4) is 0 Å². The van der Waals surface area contributed by atoms with Crippen LogP contribution >= 0.6 is 0 Å². The minimum Gasteiger partial charge on any atom is -0.497 e. The molecule has 0 atom stereocenters. The van der Waals surface area contributed by atoms with E-state index in [4.69, 9.17) is 9.15 Å². The average Bonchev–Trinajstić information content (AvgIpc) is 2.74. The first-order valence-electron chi connectivity index (χ1n) is 10.3. The molecule has 0 radical (unpaired) electrons. The Morgan fingerprint density at radius 2 is 1.79 bits per heavy atom. The zero-order chi connectivity index (χ0) is 20.4. The summed E-state index contributed by atoms with van der Waals surface area (Å²) in [5, 5.41) is 1.07. The Bertz CT molecular complexity index is 1030. The summed E-state index contributed by atoms with van der Waals surface area (Å²) in [7, 11) is 1.69. The second-order valence-electron chi connectivity index (χ2n) is 8.11. The van der Waals surface area contributed by atoms with Crippen molar-refractivity contribution >= 4 is 16.7 Å². The van der Waals surface area contributed by atoms with Gasteiger partial charge in [-0.1, -0.05) is 19.9 Å². The van der Waals surface area contributed by atoms with Gasteiger partial charge in [0.25, 0.3) is 0 Å². The van der Waals surface area contributed by atoms with Crippen LogP contribution in [0.25, 0.3) is 11.0 Å². The number of anilines is 1. The summed E-state index contributed by atoms with van der Waals surface area (Å²) in [4.78, 5) is 16.0. The third-order valence-corrected chi connectivity index (χ3v) is 5.87. The van der Waals surface area contributed by atoms with Gasteiger partial charge in [-0.15, -0.1) is 0 Å². The molecule has 2 aromatic carbocycles. The van der Waals surface area contributed by atoms with E-state index in [2.05, 4.69) is 43.0 Å². The van der Waals surface area contributed by atoms with Gasteiger partial charge in [-0.3, -0.25) is 0 Å². The summed E-state index contributed by atoms with van der Waals surface area (Å²) in [5.41, 5.74) is 4.02.